The number of aryl methyl sites for hydroxylation is 1. The normalized spacial score (nSPS) is 13.4. The number of urea groups is 1. The van der Waals surface area contributed by atoms with Crippen LogP contribution >= 0.6 is 0 Å². The molecule has 4 N–H and O–H groups in total. The van der Waals surface area contributed by atoms with Crippen molar-refractivity contribution in [3.8, 4) is 0 Å². The highest BCUT2D eigenvalue weighted by Crippen LogP contribution is 2.15. The lowest BCUT2D eigenvalue weighted by Gasteiger charge is -2.22. The first-order chi connectivity index (χ1) is 9.35. The molecule has 0 saturated carbocycles. The predicted molar refractivity (Wildman–Crippen MR) is 75.7 cm³/mol. The average molecular weight is 281 g/mol. The van der Waals surface area contributed by atoms with Crippen LogP contribution < -0.4 is 16.4 Å². The molecule has 1 rings (SSSR count). The number of anilines is 1. The zero-order valence-corrected chi connectivity index (χ0v) is 11.9. The van der Waals surface area contributed by atoms with Crippen LogP contribution in [0, 0.1) is 18.7 Å². The minimum absolute atomic E-state index is 0.0854. The summed E-state index contributed by atoms with van der Waals surface area (Å²) < 4.78 is 13.4. The third-order valence-electron chi connectivity index (χ3n) is 3.23. The summed E-state index contributed by atoms with van der Waals surface area (Å²) in [7, 11) is 0. The molecule has 1 aromatic rings. The molecular formula is C14H20FN3O2. The average Bonchev–Trinajstić information content (AvgIpc) is 2.39. The van der Waals surface area contributed by atoms with Crippen molar-refractivity contribution in [1.29, 1.82) is 0 Å². The zero-order chi connectivity index (χ0) is 15.3. The molecule has 0 aliphatic heterocycles. The molecule has 3 amide bonds. The summed E-state index contributed by atoms with van der Waals surface area (Å²) in [5.41, 5.74) is 5.91. The van der Waals surface area contributed by atoms with Crippen LogP contribution in [-0.4, -0.2) is 18.0 Å². The van der Waals surface area contributed by atoms with Gasteiger partial charge in [0.15, 0.2) is 0 Å². The van der Waals surface area contributed by atoms with Crippen molar-refractivity contribution in [3.63, 3.8) is 0 Å². The molecule has 0 spiro atoms. The van der Waals surface area contributed by atoms with Crippen molar-refractivity contribution in [3.05, 3.63) is 29.6 Å². The lowest BCUT2D eigenvalue weighted by molar-refractivity contribution is -0.119. The summed E-state index contributed by atoms with van der Waals surface area (Å²) in [5, 5.41) is 4.99. The van der Waals surface area contributed by atoms with Gasteiger partial charge >= 0.3 is 6.03 Å². The van der Waals surface area contributed by atoms with Gasteiger partial charge in [0.1, 0.15) is 11.9 Å². The third-order valence-corrected chi connectivity index (χ3v) is 3.23. The summed E-state index contributed by atoms with van der Waals surface area (Å²) in [6.07, 6.45) is 0.695. The van der Waals surface area contributed by atoms with E-state index in [1.807, 2.05) is 13.8 Å². The van der Waals surface area contributed by atoms with Crippen LogP contribution in [0.5, 0.6) is 0 Å². The zero-order valence-electron chi connectivity index (χ0n) is 11.9. The van der Waals surface area contributed by atoms with Crippen LogP contribution in [-0.2, 0) is 4.79 Å². The van der Waals surface area contributed by atoms with E-state index in [0.717, 1.165) is 0 Å². The molecule has 5 nitrogen and oxygen atoms in total. The van der Waals surface area contributed by atoms with Gasteiger partial charge in [-0.1, -0.05) is 26.3 Å². The van der Waals surface area contributed by atoms with Crippen molar-refractivity contribution >= 4 is 17.6 Å². The fraction of sp³-hybridized carbons (Fsp3) is 0.429. The van der Waals surface area contributed by atoms with E-state index in [1.54, 1.807) is 19.1 Å². The first-order valence-corrected chi connectivity index (χ1v) is 6.48. The van der Waals surface area contributed by atoms with E-state index in [4.69, 9.17) is 5.73 Å². The number of primary amides is 1. The Morgan fingerprint density at radius 3 is 2.55 bits per heavy atom. The Hall–Kier alpha value is -2.11. The van der Waals surface area contributed by atoms with Gasteiger partial charge in [0.25, 0.3) is 0 Å². The number of amides is 3. The highest BCUT2D eigenvalue weighted by Gasteiger charge is 2.25. The molecule has 0 aliphatic rings. The van der Waals surface area contributed by atoms with Gasteiger partial charge in [-0.05, 0) is 30.5 Å². The number of halogens is 1. The van der Waals surface area contributed by atoms with Crippen molar-refractivity contribution in [2.45, 2.75) is 33.2 Å². The Labute approximate surface area is 117 Å². The molecule has 2 unspecified atom stereocenters. The largest absolute Gasteiger partial charge is 0.352 e. The Kier molecular flexibility index (Phi) is 5.49. The minimum Gasteiger partial charge on any atom is -0.352 e. The van der Waals surface area contributed by atoms with E-state index in [1.165, 1.54) is 6.07 Å². The number of carbonyl (C=O) groups is 2. The van der Waals surface area contributed by atoms with Gasteiger partial charge in [0.2, 0.25) is 5.91 Å². The maximum Gasteiger partial charge on any atom is 0.312 e. The third kappa shape index (κ3) is 4.22. The van der Waals surface area contributed by atoms with E-state index in [9.17, 15) is 14.0 Å². The van der Waals surface area contributed by atoms with E-state index >= 15 is 0 Å². The summed E-state index contributed by atoms with van der Waals surface area (Å²) in [5.74, 6) is -0.898. The Balaban J connectivity index is 2.84. The Bertz CT molecular complexity index is 505. The lowest BCUT2D eigenvalue weighted by atomic mass is 9.98. The van der Waals surface area contributed by atoms with Crippen LogP contribution in [0.15, 0.2) is 18.2 Å². The van der Waals surface area contributed by atoms with Gasteiger partial charge in [-0.3, -0.25) is 4.79 Å². The molecular weight excluding hydrogens is 261 g/mol. The van der Waals surface area contributed by atoms with Crippen molar-refractivity contribution in [2.24, 2.45) is 11.7 Å². The predicted octanol–water partition coefficient (Wildman–Crippen LogP) is 2.16. The van der Waals surface area contributed by atoms with Crippen LogP contribution in [0.2, 0.25) is 0 Å². The molecule has 0 bridgehead atoms. The van der Waals surface area contributed by atoms with E-state index < -0.39 is 23.8 Å². The van der Waals surface area contributed by atoms with Crippen LogP contribution in [0.25, 0.3) is 0 Å². The maximum atomic E-state index is 13.4. The van der Waals surface area contributed by atoms with Crippen molar-refractivity contribution < 1.29 is 14.0 Å². The molecule has 110 valence electrons. The first-order valence-electron chi connectivity index (χ1n) is 6.48. The number of benzene rings is 1. The molecule has 0 aliphatic carbocycles. The fourth-order valence-corrected chi connectivity index (χ4v) is 1.75. The van der Waals surface area contributed by atoms with Crippen LogP contribution in [0.4, 0.5) is 14.9 Å². The summed E-state index contributed by atoms with van der Waals surface area (Å²) in [6, 6.07) is 2.91. The molecule has 0 saturated heterocycles. The van der Waals surface area contributed by atoms with Crippen LogP contribution in [0.3, 0.4) is 0 Å². The standard InChI is InChI=1S/C14H20FN3O2/c1-4-8(2)12(18-14(16)20)13(19)17-10-6-5-9(3)11(15)7-10/h5-8,12H,4H2,1-3H3,(H,17,19)(H3,16,18,20). The lowest BCUT2D eigenvalue weighted by Crippen LogP contribution is -2.49. The summed E-state index contributed by atoms with van der Waals surface area (Å²) >= 11 is 0. The highest BCUT2D eigenvalue weighted by atomic mass is 19.1. The topological polar surface area (TPSA) is 84.2 Å². The minimum atomic E-state index is -0.763. The van der Waals surface area contributed by atoms with Gasteiger partial charge in [0.05, 0.1) is 0 Å². The van der Waals surface area contributed by atoms with Gasteiger partial charge in [-0.15, -0.1) is 0 Å². The van der Waals surface area contributed by atoms with E-state index in [2.05, 4.69) is 10.6 Å². The Morgan fingerprint density at radius 1 is 1.40 bits per heavy atom. The monoisotopic (exact) mass is 281 g/mol. The number of hydrogen-bond donors (Lipinski definition) is 3. The van der Waals surface area contributed by atoms with Gasteiger partial charge in [-0.25, -0.2) is 9.18 Å². The molecule has 0 heterocycles. The quantitative estimate of drug-likeness (QED) is 0.772. The maximum absolute atomic E-state index is 13.4. The van der Waals surface area contributed by atoms with Gasteiger partial charge < -0.3 is 16.4 Å². The molecule has 6 heteroatoms. The molecule has 0 fully saturated rings. The smallest absolute Gasteiger partial charge is 0.312 e. The van der Waals surface area contributed by atoms with Crippen molar-refractivity contribution in [1.82, 2.24) is 5.32 Å². The van der Waals surface area contributed by atoms with E-state index in [0.29, 0.717) is 17.7 Å². The fourth-order valence-electron chi connectivity index (χ4n) is 1.75. The van der Waals surface area contributed by atoms with E-state index in [-0.39, 0.29) is 5.92 Å². The summed E-state index contributed by atoms with van der Waals surface area (Å²) in [6.45, 7) is 5.37. The second kappa shape index (κ2) is 6.88. The number of hydrogen-bond acceptors (Lipinski definition) is 2. The van der Waals surface area contributed by atoms with Gasteiger partial charge in [0, 0.05) is 5.69 Å². The second-order valence-corrected chi connectivity index (χ2v) is 4.83. The second-order valence-electron chi connectivity index (χ2n) is 4.83. The SMILES string of the molecule is CCC(C)C(NC(N)=O)C(=O)Nc1ccc(C)c(F)c1. The number of rotatable bonds is 5. The van der Waals surface area contributed by atoms with Crippen molar-refractivity contribution in [2.75, 3.05) is 5.32 Å². The molecule has 2 atom stereocenters. The summed E-state index contributed by atoms with van der Waals surface area (Å²) in [4.78, 5) is 23.1. The number of nitrogens with one attached hydrogen (secondary N) is 2. The number of nitrogens with two attached hydrogens (primary N) is 1. The van der Waals surface area contributed by atoms with Gasteiger partial charge in [-0.2, -0.15) is 0 Å². The Morgan fingerprint density at radius 2 is 2.05 bits per heavy atom. The highest BCUT2D eigenvalue weighted by molar-refractivity contribution is 5.97. The molecule has 1 aromatic carbocycles. The molecule has 0 aromatic heterocycles. The first kappa shape index (κ1) is 15.9. The number of carbonyl (C=O) groups excluding carboxylic acids is 2. The molecule has 0 radical (unpaired) electrons. The van der Waals surface area contributed by atoms with Crippen LogP contribution in [0.1, 0.15) is 25.8 Å². The molecule has 20 heavy (non-hydrogen) atoms.